The quantitative estimate of drug-likeness (QED) is 0.746. The van der Waals surface area contributed by atoms with E-state index in [1.54, 1.807) is 0 Å². The summed E-state index contributed by atoms with van der Waals surface area (Å²) in [6.07, 6.45) is 8.17. The largest absolute Gasteiger partial charge is 0.480 e. The maximum Gasteiger partial charge on any atom is 0.359 e. The Morgan fingerprint density at radius 2 is 1.63 bits per heavy atom. The fourth-order valence-corrected chi connectivity index (χ4v) is 4.85. The molecule has 2 bridgehead atoms. The number of piperidine rings is 3. The summed E-state index contributed by atoms with van der Waals surface area (Å²) >= 11 is 0. The Morgan fingerprint density at radius 3 is 2.33 bits per heavy atom. The second-order valence-corrected chi connectivity index (χ2v) is 7.81. The van der Waals surface area contributed by atoms with Gasteiger partial charge in [0.2, 0.25) is 0 Å². The number of rotatable bonds is 2. The number of ether oxygens (including phenoxy) is 3. The van der Waals surface area contributed by atoms with Crippen LogP contribution in [0.25, 0.3) is 0 Å². The van der Waals surface area contributed by atoms with Crippen LogP contribution in [0, 0.1) is 5.92 Å². The second kappa shape index (κ2) is 6.37. The summed E-state index contributed by atoms with van der Waals surface area (Å²) in [5.74, 6) is -1.71. The standard InChI is InChI=1S/C21H23NO5/c23-18-7-8-19(24)27-21(26-18)20(15-9-11-22(21)12-10-15)25-17-6-5-14-3-1-2-4-16(14)13-17/h5-8,13,15,20H,1-4,9-12H2. The molecule has 0 saturated carbocycles. The average Bonchev–Trinajstić information content (AvgIpc) is 2.84. The summed E-state index contributed by atoms with van der Waals surface area (Å²) in [6.45, 7) is 1.44. The predicted molar refractivity (Wildman–Crippen MR) is 95.9 cm³/mol. The van der Waals surface area contributed by atoms with Crippen LogP contribution in [-0.2, 0) is 31.9 Å². The Hall–Kier alpha value is -2.34. The lowest BCUT2D eigenvalue weighted by Crippen LogP contribution is -2.71. The van der Waals surface area contributed by atoms with Gasteiger partial charge in [-0.25, -0.2) is 14.5 Å². The normalized spacial score (nSPS) is 31.0. The molecular formula is C21H23NO5. The van der Waals surface area contributed by atoms with E-state index in [1.165, 1.54) is 24.0 Å². The van der Waals surface area contributed by atoms with Gasteiger partial charge in [-0.05, 0) is 61.8 Å². The topological polar surface area (TPSA) is 65.1 Å². The van der Waals surface area contributed by atoms with Gasteiger partial charge in [-0.3, -0.25) is 0 Å². The minimum atomic E-state index is -1.48. The zero-order valence-corrected chi connectivity index (χ0v) is 15.2. The third-order valence-electron chi connectivity index (χ3n) is 6.20. The first-order chi connectivity index (χ1) is 13.1. The summed E-state index contributed by atoms with van der Waals surface area (Å²) in [7, 11) is 0. The van der Waals surface area contributed by atoms with Gasteiger partial charge in [-0.1, -0.05) is 6.07 Å². The van der Waals surface area contributed by atoms with Gasteiger partial charge < -0.3 is 14.2 Å². The number of fused-ring (bicyclic) bond motifs is 3. The Labute approximate surface area is 158 Å². The molecule has 1 atom stereocenters. The van der Waals surface area contributed by atoms with Crippen LogP contribution in [0.3, 0.4) is 0 Å². The molecule has 4 heterocycles. The van der Waals surface area contributed by atoms with Gasteiger partial charge in [0.05, 0.1) is 0 Å². The molecule has 1 aliphatic carbocycles. The monoisotopic (exact) mass is 369 g/mol. The van der Waals surface area contributed by atoms with Crippen LogP contribution in [0.4, 0.5) is 0 Å². The van der Waals surface area contributed by atoms with E-state index >= 15 is 0 Å². The number of hydrogen-bond donors (Lipinski definition) is 0. The fraction of sp³-hybridized carbons (Fsp3) is 0.524. The first kappa shape index (κ1) is 16.8. The van der Waals surface area contributed by atoms with Crippen LogP contribution in [-0.4, -0.2) is 41.9 Å². The Morgan fingerprint density at radius 1 is 0.963 bits per heavy atom. The van der Waals surface area contributed by atoms with Crippen molar-refractivity contribution in [1.29, 1.82) is 0 Å². The number of nitrogens with zero attached hydrogens (tertiary/aromatic N) is 1. The molecule has 0 radical (unpaired) electrons. The predicted octanol–water partition coefficient (Wildman–Crippen LogP) is 2.35. The number of esters is 2. The van der Waals surface area contributed by atoms with Gasteiger partial charge in [0.25, 0.3) is 0 Å². The van der Waals surface area contributed by atoms with E-state index in [-0.39, 0.29) is 5.92 Å². The Balaban J connectivity index is 1.49. The SMILES string of the molecule is O=C1C=CC(=O)OC2(O1)C(Oc1ccc3c(c1)CCCC3)C1CCN2CC1. The zero-order valence-electron chi connectivity index (χ0n) is 15.2. The van der Waals surface area contributed by atoms with E-state index in [0.717, 1.165) is 56.7 Å². The summed E-state index contributed by atoms with van der Waals surface area (Å²) in [5, 5.41) is 0. The highest BCUT2D eigenvalue weighted by Gasteiger charge is 2.62. The molecule has 1 aromatic carbocycles. The molecule has 1 spiro atoms. The van der Waals surface area contributed by atoms with Gasteiger partial charge in [-0.2, -0.15) is 0 Å². The summed E-state index contributed by atoms with van der Waals surface area (Å²) in [5.41, 5.74) is 2.71. The number of aryl methyl sites for hydroxylation is 2. The van der Waals surface area contributed by atoms with E-state index in [0.29, 0.717) is 0 Å². The Bertz CT molecular complexity index is 789. The van der Waals surface area contributed by atoms with Crippen molar-refractivity contribution in [3.05, 3.63) is 41.5 Å². The molecule has 6 heteroatoms. The second-order valence-electron chi connectivity index (χ2n) is 7.81. The molecule has 3 fully saturated rings. The summed E-state index contributed by atoms with van der Waals surface area (Å²) in [4.78, 5) is 26.2. The zero-order chi connectivity index (χ0) is 18.4. The van der Waals surface area contributed by atoms with Crippen LogP contribution in [0.2, 0.25) is 0 Å². The van der Waals surface area contributed by atoms with Crippen molar-refractivity contribution < 1.29 is 23.8 Å². The molecule has 1 aromatic rings. The van der Waals surface area contributed by atoms with Gasteiger partial charge in [-0.15, -0.1) is 0 Å². The number of carbonyl (C=O) groups excluding carboxylic acids is 2. The molecule has 6 rings (SSSR count). The highest BCUT2D eigenvalue weighted by Crippen LogP contribution is 2.44. The van der Waals surface area contributed by atoms with E-state index in [4.69, 9.17) is 14.2 Å². The molecule has 0 amide bonds. The lowest BCUT2D eigenvalue weighted by molar-refractivity contribution is -0.348. The van der Waals surface area contributed by atoms with Crippen LogP contribution < -0.4 is 4.74 Å². The van der Waals surface area contributed by atoms with Crippen LogP contribution in [0.5, 0.6) is 5.75 Å². The van der Waals surface area contributed by atoms with Gasteiger partial charge in [0, 0.05) is 31.2 Å². The van der Waals surface area contributed by atoms with Gasteiger partial charge in [0.1, 0.15) is 5.75 Å². The van der Waals surface area contributed by atoms with E-state index in [1.807, 2.05) is 11.0 Å². The lowest BCUT2D eigenvalue weighted by atomic mass is 9.82. The Kier molecular flexibility index (Phi) is 3.97. The third-order valence-corrected chi connectivity index (χ3v) is 6.20. The van der Waals surface area contributed by atoms with Gasteiger partial charge >= 0.3 is 17.8 Å². The number of hydrogen-bond acceptors (Lipinski definition) is 6. The first-order valence-corrected chi connectivity index (χ1v) is 9.81. The highest BCUT2D eigenvalue weighted by molar-refractivity contribution is 5.93. The minimum absolute atomic E-state index is 0.171. The summed E-state index contributed by atoms with van der Waals surface area (Å²) in [6, 6.07) is 6.21. The maximum atomic E-state index is 12.1. The molecular weight excluding hydrogens is 346 g/mol. The van der Waals surface area contributed by atoms with Crippen LogP contribution in [0.15, 0.2) is 30.4 Å². The third kappa shape index (κ3) is 2.83. The van der Waals surface area contributed by atoms with Crippen LogP contribution >= 0.6 is 0 Å². The van der Waals surface area contributed by atoms with Crippen molar-refractivity contribution in [3.8, 4) is 5.75 Å². The molecule has 27 heavy (non-hydrogen) atoms. The van der Waals surface area contributed by atoms with Crippen molar-refractivity contribution in [2.45, 2.75) is 50.5 Å². The fourth-order valence-electron chi connectivity index (χ4n) is 4.85. The van der Waals surface area contributed by atoms with E-state index < -0.39 is 24.0 Å². The molecule has 3 saturated heterocycles. The molecule has 1 unspecified atom stereocenters. The van der Waals surface area contributed by atoms with Crippen molar-refractivity contribution in [2.75, 3.05) is 13.1 Å². The lowest BCUT2D eigenvalue weighted by Gasteiger charge is -2.54. The average molecular weight is 369 g/mol. The van der Waals surface area contributed by atoms with E-state index in [2.05, 4.69) is 12.1 Å². The van der Waals surface area contributed by atoms with E-state index in [9.17, 15) is 9.59 Å². The van der Waals surface area contributed by atoms with Gasteiger partial charge in [0.15, 0.2) is 6.10 Å². The first-order valence-electron chi connectivity index (χ1n) is 9.81. The van der Waals surface area contributed by atoms with Crippen molar-refractivity contribution in [2.24, 2.45) is 5.92 Å². The summed E-state index contributed by atoms with van der Waals surface area (Å²) < 4.78 is 17.7. The highest BCUT2D eigenvalue weighted by atomic mass is 16.8. The molecule has 142 valence electrons. The number of benzene rings is 1. The minimum Gasteiger partial charge on any atom is -0.480 e. The molecule has 4 aliphatic heterocycles. The molecule has 5 aliphatic rings. The molecule has 0 N–H and O–H groups in total. The van der Waals surface area contributed by atoms with Crippen LogP contribution in [0.1, 0.15) is 36.8 Å². The van der Waals surface area contributed by atoms with Crippen molar-refractivity contribution >= 4 is 11.9 Å². The smallest absolute Gasteiger partial charge is 0.359 e. The molecule has 0 aromatic heterocycles. The van der Waals surface area contributed by atoms with Crippen molar-refractivity contribution in [1.82, 2.24) is 4.90 Å². The van der Waals surface area contributed by atoms with Crippen molar-refractivity contribution in [3.63, 3.8) is 0 Å². The maximum absolute atomic E-state index is 12.1. The molecule has 6 nitrogen and oxygen atoms in total. The number of carbonyl (C=O) groups is 2.